The fourth-order valence-electron chi connectivity index (χ4n) is 3.54. The summed E-state index contributed by atoms with van der Waals surface area (Å²) in [5.41, 5.74) is 1.46. The third kappa shape index (κ3) is 3.11. The molecule has 3 aromatic carbocycles. The van der Waals surface area contributed by atoms with Crippen LogP contribution in [0, 0.1) is 6.92 Å². The van der Waals surface area contributed by atoms with Crippen LogP contribution in [-0.4, -0.2) is 28.8 Å². The summed E-state index contributed by atoms with van der Waals surface area (Å²) in [6.45, 7) is 1.82. The second-order valence-electron chi connectivity index (χ2n) is 6.98. The molecule has 0 amide bonds. The first-order valence-corrected chi connectivity index (χ1v) is 10.3. The Morgan fingerprint density at radius 2 is 1.41 bits per heavy atom. The Kier molecular flexibility index (Phi) is 4.49. The van der Waals surface area contributed by atoms with Crippen molar-refractivity contribution >= 4 is 15.7 Å². The summed E-state index contributed by atoms with van der Waals surface area (Å²) in [5.74, 6) is -1.42. The number of aryl methyl sites for hydroxylation is 1. The quantitative estimate of drug-likeness (QED) is 0.420. The molecule has 0 radical (unpaired) electrons. The molecule has 29 heavy (non-hydrogen) atoms. The highest BCUT2D eigenvalue weighted by Gasteiger charge is 2.35. The zero-order chi connectivity index (χ0) is 20.9. The lowest BCUT2D eigenvalue weighted by Crippen LogP contribution is -2.19. The Morgan fingerprint density at radius 1 is 0.828 bits per heavy atom. The molecule has 8 heteroatoms. The Morgan fingerprint density at radius 3 is 2.03 bits per heavy atom. The SMILES string of the molecule is Cc1ccc(S(=O)(=O)Nc2cc3c(c(O)c2O)C(O)c2ccccc2C3O)cc1. The van der Waals surface area contributed by atoms with Gasteiger partial charge in [0.2, 0.25) is 0 Å². The molecule has 1 aliphatic carbocycles. The molecule has 0 saturated heterocycles. The summed E-state index contributed by atoms with van der Waals surface area (Å²) < 4.78 is 27.6. The molecule has 5 N–H and O–H groups in total. The number of aliphatic hydroxyl groups is 2. The number of hydrogen-bond donors (Lipinski definition) is 5. The van der Waals surface area contributed by atoms with Crippen molar-refractivity contribution in [1.29, 1.82) is 0 Å². The number of fused-ring (bicyclic) bond motifs is 2. The van der Waals surface area contributed by atoms with E-state index >= 15 is 0 Å². The third-order valence-electron chi connectivity index (χ3n) is 5.07. The molecule has 1 aliphatic rings. The minimum atomic E-state index is -4.05. The first-order chi connectivity index (χ1) is 13.7. The highest BCUT2D eigenvalue weighted by atomic mass is 32.2. The summed E-state index contributed by atoms with van der Waals surface area (Å²) in [6, 6.07) is 13.9. The van der Waals surface area contributed by atoms with E-state index in [1.54, 1.807) is 36.4 Å². The van der Waals surface area contributed by atoms with Crippen molar-refractivity contribution in [2.75, 3.05) is 4.72 Å². The monoisotopic (exact) mass is 413 g/mol. The standard InChI is InChI=1S/C21H19NO6S/c1-11-6-8-12(9-7-11)29(27,28)22-16-10-15-17(21(26)20(16)25)19(24)14-5-3-2-4-13(14)18(15)23/h2-10,18-19,22-26H,1H3. The molecular formula is C21H19NO6S. The lowest BCUT2D eigenvalue weighted by molar-refractivity contribution is 0.169. The van der Waals surface area contributed by atoms with Gasteiger partial charge in [-0.3, -0.25) is 4.72 Å². The molecule has 0 saturated carbocycles. The van der Waals surface area contributed by atoms with Gasteiger partial charge in [-0.1, -0.05) is 42.0 Å². The van der Waals surface area contributed by atoms with Crippen molar-refractivity contribution in [2.24, 2.45) is 0 Å². The number of aliphatic hydroxyl groups excluding tert-OH is 2. The summed E-state index contributed by atoms with van der Waals surface area (Å²) in [7, 11) is -4.05. The van der Waals surface area contributed by atoms with Crippen LogP contribution in [-0.2, 0) is 10.0 Å². The Hall–Kier alpha value is -3.07. The summed E-state index contributed by atoms with van der Waals surface area (Å²) in [6.07, 6.45) is -2.49. The minimum Gasteiger partial charge on any atom is -0.504 e. The van der Waals surface area contributed by atoms with Gasteiger partial charge in [-0.2, -0.15) is 0 Å². The number of phenolic OH excluding ortho intramolecular Hbond substituents is 2. The number of anilines is 1. The Labute approximate surface area is 167 Å². The molecule has 7 nitrogen and oxygen atoms in total. The zero-order valence-corrected chi connectivity index (χ0v) is 16.2. The fraction of sp³-hybridized carbons (Fsp3) is 0.143. The van der Waals surface area contributed by atoms with Crippen LogP contribution in [0.5, 0.6) is 11.5 Å². The van der Waals surface area contributed by atoms with E-state index in [1.807, 2.05) is 6.92 Å². The van der Waals surface area contributed by atoms with Crippen molar-refractivity contribution in [1.82, 2.24) is 0 Å². The van der Waals surface area contributed by atoms with E-state index in [-0.39, 0.29) is 21.7 Å². The molecule has 0 bridgehead atoms. The second kappa shape index (κ2) is 6.77. The number of phenols is 2. The first kappa shape index (κ1) is 19.3. The van der Waals surface area contributed by atoms with Crippen LogP contribution in [0.4, 0.5) is 5.69 Å². The maximum absolute atomic E-state index is 12.7. The van der Waals surface area contributed by atoms with Gasteiger partial charge >= 0.3 is 0 Å². The van der Waals surface area contributed by atoms with Crippen molar-refractivity contribution in [3.05, 3.63) is 82.4 Å². The molecule has 3 aromatic rings. The van der Waals surface area contributed by atoms with Crippen LogP contribution in [0.15, 0.2) is 59.5 Å². The smallest absolute Gasteiger partial charge is 0.262 e. The number of aromatic hydroxyl groups is 2. The number of benzene rings is 3. The van der Waals surface area contributed by atoms with Crippen molar-refractivity contribution in [3.63, 3.8) is 0 Å². The van der Waals surface area contributed by atoms with Crippen LogP contribution < -0.4 is 4.72 Å². The van der Waals surface area contributed by atoms with Crippen LogP contribution >= 0.6 is 0 Å². The van der Waals surface area contributed by atoms with Crippen molar-refractivity contribution in [2.45, 2.75) is 24.0 Å². The Bertz CT molecular complexity index is 1200. The van der Waals surface area contributed by atoms with Crippen LogP contribution in [0.1, 0.15) is 40.0 Å². The molecule has 0 aliphatic heterocycles. The van der Waals surface area contributed by atoms with Crippen LogP contribution in [0.25, 0.3) is 0 Å². The first-order valence-electron chi connectivity index (χ1n) is 8.84. The van der Waals surface area contributed by atoms with E-state index in [0.29, 0.717) is 11.1 Å². The molecule has 0 aromatic heterocycles. The summed E-state index contributed by atoms with van der Waals surface area (Å²) >= 11 is 0. The lowest BCUT2D eigenvalue weighted by Gasteiger charge is -2.30. The lowest BCUT2D eigenvalue weighted by atomic mass is 9.81. The molecule has 0 spiro atoms. The second-order valence-corrected chi connectivity index (χ2v) is 8.66. The van der Waals surface area contributed by atoms with Gasteiger partial charge in [0, 0.05) is 5.56 Å². The average molecular weight is 413 g/mol. The summed E-state index contributed by atoms with van der Waals surface area (Å²) in [4.78, 5) is -0.0226. The topological polar surface area (TPSA) is 127 Å². The third-order valence-corrected chi connectivity index (χ3v) is 6.46. The largest absolute Gasteiger partial charge is 0.504 e. The van der Waals surface area contributed by atoms with Crippen molar-refractivity contribution < 1.29 is 28.8 Å². The van der Waals surface area contributed by atoms with Gasteiger partial charge in [0.1, 0.15) is 12.2 Å². The zero-order valence-electron chi connectivity index (χ0n) is 15.4. The normalized spacial score (nSPS) is 18.0. The predicted molar refractivity (Wildman–Crippen MR) is 106 cm³/mol. The van der Waals surface area contributed by atoms with Crippen LogP contribution in [0.3, 0.4) is 0 Å². The molecule has 4 rings (SSSR count). The molecular weight excluding hydrogens is 394 g/mol. The number of sulfonamides is 1. The average Bonchev–Trinajstić information content (AvgIpc) is 2.70. The predicted octanol–water partition coefficient (Wildman–Crippen LogP) is 2.68. The van der Waals surface area contributed by atoms with Gasteiger partial charge in [0.15, 0.2) is 11.5 Å². The van der Waals surface area contributed by atoms with E-state index in [4.69, 9.17) is 0 Å². The fourth-order valence-corrected chi connectivity index (χ4v) is 4.60. The maximum Gasteiger partial charge on any atom is 0.262 e. The molecule has 0 heterocycles. The molecule has 0 fully saturated rings. The number of nitrogens with one attached hydrogen (secondary N) is 1. The summed E-state index contributed by atoms with van der Waals surface area (Å²) in [5, 5.41) is 42.3. The number of hydrogen-bond acceptors (Lipinski definition) is 6. The van der Waals surface area contributed by atoms with Gasteiger partial charge in [-0.15, -0.1) is 0 Å². The highest BCUT2D eigenvalue weighted by molar-refractivity contribution is 7.92. The molecule has 150 valence electrons. The Balaban J connectivity index is 1.81. The maximum atomic E-state index is 12.7. The van der Waals surface area contributed by atoms with E-state index in [2.05, 4.69) is 4.72 Å². The molecule has 2 unspecified atom stereocenters. The minimum absolute atomic E-state index is 0.0226. The molecule has 2 atom stereocenters. The number of rotatable bonds is 3. The van der Waals surface area contributed by atoms with Gasteiger partial charge in [-0.05, 0) is 41.8 Å². The van der Waals surface area contributed by atoms with E-state index in [9.17, 15) is 28.8 Å². The van der Waals surface area contributed by atoms with Gasteiger partial charge in [0.25, 0.3) is 10.0 Å². The van der Waals surface area contributed by atoms with Gasteiger partial charge < -0.3 is 20.4 Å². The van der Waals surface area contributed by atoms with Gasteiger partial charge in [-0.25, -0.2) is 8.42 Å². The van der Waals surface area contributed by atoms with E-state index in [0.717, 1.165) is 5.56 Å². The van der Waals surface area contributed by atoms with E-state index in [1.165, 1.54) is 18.2 Å². The highest BCUT2D eigenvalue weighted by Crippen LogP contribution is 2.50. The van der Waals surface area contributed by atoms with E-state index < -0.39 is 33.7 Å². The van der Waals surface area contributed by atoms with Gasteiger partial charge in [0.05, 0.1) is 10.6 Å². The van der Waals surface area contributed by atoms with Crippen molar-refractivity contribution in [3.8, 4) is 11.5 Å². The van der Waals surface area contributed by atoms with Crippen LogP contribution in [0.2, 0.25) is 0 Å².